The zero-order chi connectivity index (χ0) is 10.4. The van der Waals surface area contributed by atoms with Crippen LogP contribution in [0.5, 0.6) is 5.75 Å². The Labute approximate surface area is 84.7 Å². The predicted octanol–water partition coefficient (Wildman–Crippen LogP) is 1.34. The summed E-state index contributed by atoms with van der Waals surface area (Å²) < 4.78 is 5.24. The Morgan fingerprint density at radius 3 is 2.79 bits per heavy atom. The molecule has 0 saturated carbocycles. The van der Waals surface area contributed by atoms with Gasteiger partial charge in [-0.15, -0.1) is 0 Å². The Bertz CT molecular complexity index is 276. The van der Waals surface area contributed by atoms with Gasteiger partial charge in [-0.2, -0.15) is 0 Å². The van der Waals surface area contributed by atoms with Crippen molar-refractivity contribution in [2.45, 2.75) is 13.0 Å². The molecule has 0 amide bonds. The average molecular weight is 195 g/mol. The van der Waals surface area contributed by atoms with Gasteiger partial charge in [0.2, 0.25) is 0 Å². The predicted molar refractivity (Wildman–Crippen MR) is 56.5 cm³/mol. The van der Waals surface area contributed by atoms with Crippen LogP contribution in [-0.2, 0) is 0 Å². The number of methoxy groups -OCH3 is 1. The molecule has 0 aliphatic carbocycles. The first-order chi connectivity index (χ1) is 6.79. The summed E-state index contributed by atoms with van der Waals surface area (Å²) in [6.07, 6.45) is 0. The number of nitrogens with one attached hydrogen (secondary N) is 1. The monoisotopic (exact) mass is 195 g/mol. The largest absolute Gasteiger partial charge is 0.496 e. The average Bonchev–Trinajstić information content (AvgIpc) is 2.25. The normalized spacial score (nSPS) is 12.5. The number of hydrogen-bond acceptors (Lipinski definition) is 3. The van der Waals surface area contributed by atoms with Crippen molar-refractivity contribution in [3.8, 4) is 5.75 Å². The van der Waals surface area contributed by atoms with Crippen molar-refractivity contribution < 1.29 is 9.84 Å². The second-order valence-electron chi connectivity index (χ2n) is 3.14. The van der Waals surface area contributed by atoms with Crippen molar-refractivity contribution in [2.75, 3.05) is 20.3 Å². The molecule has 0 saturated heterocycles. The first kappa shape index (κ1) is 11.0. The van der Waals surface area contributed by atoms with Crippen LogP contribution in [0, 0.1) is 0 Å². The van der Waals surface area contributed by atoms with Crippen LogP contribution >= 0.6 is 0 Å². The van der Waals surface area contributed by atoms with Gasteiger partial charge >= 0.3 is 0 Å². The van der Waals surface area contributed by atoms with Crippen molar-refractivity contribution in [3.63, 3.8) is 0 Å². The Kier molecular flexibility index (Phi) is 4.43. The molecule has 2 N–H and O–H groups in total. The molecule has 3 heteroatoms. The number of aliphatic hydroxyl groups excluding tert-OH is 1. The van der Waals surface area contributed by atoms with Gasteiger partial charge in [-0.3, -0.25) is 0 Å². The zero-order valence-electron chi connectivity index (χ0n) is 8.66. The topological polar surface area (TPSA) is 41.5 Å². The molecule has 0 heterocycles. The highest BCUT2D eigenvalue weighted by Gasteiger charge is 2.08. The third-order valence-electron chi connectivity index (χ3n) is 2.17. The van der Waals surface area contributed by atoms with E-state index in [1.54, 1.807) is 7.11 Å². The maximum atomic E-state index is 8.69. The van der Waals surface area contributed by atoms with E-state index in [4.69, 9.17) is 9.84 Å². The molecule has 0 aliphatic heterocycles. The van der Waals surface area contributed by atoms with E-state index in [2.05, 4.69) is 5.32 Å². The van der Waals surface area contributed by atoms with Crippen LogP contribution in [0.2, 0.25) is 0 Å². The molecule has 78 valence electrons. The van der Waals surface area contributed by atoms with Crippen LogP contribution in [0.4, 0.5) is 0 Å². The minimum Gasteiger partial charge on any atom is -0.496 e. The molecule has 0 radical (unpaired) electrons. The van der Waals surface area contributed by atoms with Gasteiger partial charge in [0, 0.05) is 18.2 Å². The SMILES string of the molecule is COc1ccccc1C(C)NCCO. The fourth-order valence-electron chi connectivity index (χ4n) is 1.42. The van der Waals surface area contributed by atoms with E-state index in [0.717, 1.165) is 11.3 Å². The molecule has 0 fully saturated rings. The van der Waals surface area contributed by atoms with Gasteiger partial charge in [0.25, 0.3) is 0 Å². The summed E-state index contributed by atoms with van der Waals surface area (Å²) >= 11 is 0. The molecule has 1 rings (SSSR count). The molecule has 0 spiro atoms. The van der Waals surface area contributed by atoms with Crippen molar-refractivity contribution in [1.82, 2.24) is 5.32 Å². The lowest BCUT2D eigenvalue weighted by atomic mass is 10.1. The number of para-hydroxylation sites is 1. The van der Waals surface area contributed by atoms with E-state index in [-0.39, 0.29) is 12.6 Å². The Hall–Kier alpha value is -1.06. The smallest absolute Gasteiger partial charge is 0.123 e. The summed E-state index contributed by atoms with van der Waals surface area (Å²) in [4.78, 5) is 0. The Morgan fingerprint density at radius 2 is 2.14 bits per heavy atom. The molecular formula is C11H17NO2. The minimum absolute atomic E-state index is 0.152. The minimum atomic E-state index is 0.152. The number of rotatable bonds is 5. The lowest BCUT2D eigenvalue weighted by Gasteiger charge is -2.16. The Balaban J connectivity index is 2.72. The number of ether oxygens (including phenoxy) is 1. The fourth-order valence-corrected chi connectivity index (χ4v) is 1.42. The van der Waals surface area contributed by atoms with Gasteiger partial charge < -0.3 is 15.2 Å². The van der Waals surface area contributed by atoms with Crippen LogP contribution in [0.3, 0.4) is 0 Å². The van der Waals surface area contributed by atoms with E-state index < -0.39 is 0 Å². The molecule has 14 heavy (non-hydrogen) atoms. The molecule has 0 aliphatic rings. The third kappa shape index (κ3) is 2.72. The van der Waals surface area contributed by atoms with Crippen molar-refractivity contribution in [3.05, 3.63) is 29.8 Å². The second-order valence-corrected chi connectivity index (χ2v) is 3.14. The van der Waals surface area contributed by atoms with Crippen molar-refractivity contribution in [2.24, 2.45) is 0 Å². The van der Waals surface area contributed by atoms with E-state index >= 15 is 0 Å². The quantitative estimate of drug-likeness (QED) is 0.745. The summed E-state index contributed by atoms with van der Waals surface area (Å²) in [5, 5.41) is 11.9. The van der Waals surface area contributed by atoms with E-state index in [1.807, 2.05) is 31.2 Å². The molecule has 1 aromatic carbocycles. The summed E-state index contributed by atoms with van der Waals surface area (Å²) in [6, 6.07) is 8.08. The highest BCUT2D eigenvalue weighted by molar-refractivity contribution is 5.35. The van der Waals surface area contributed by atoms with Crippen LogP contribution in [0.25, 0.3) is 0 Å². The van der Waals surface area contributed by atoms with Gasteiger partial charge in [0.05, 0.1) is 13.7 Å². The third-order valence-corrected chi connectivity index (χ3v) is 2.17. The van der Waals surface area contributed by atoms with Crippen molar-refractivity contribution in [1.29, 1.82) is 0 Å². The number of hydrogen-bond donors (Lipinski definition) is 2. The van der Waals surface area contributed by atoms with Gasteiger partial charge in [-0.05, 0) is 13.0 Å². The summed E-state index contributed by atoms with van der Waals surface area (Å²) in [6.45, 7) is 2.80. The molecule has 1 aromatic rings. The molecule has 3 nitrogen and oxygen atoms in total. The van der Waals surface area contributed by atoms with Gasteiger partial charge in [-0.1, -0.05) is 18.2 Å². The lowest BCUT2D eigenvalue weighted by molar-refractivity contribution is 0.285. The van der Waals surface area contributed by atoms with E-state index in [0.29, 0.717) is 6.54 Å². The fraction of sp³-hybridized carbons (Fsp3) is 0.455. The number of benzene rings is 1. The van der Waals surface area contributed by atoms with Gasteiger partial charge in [0.15, 0.2) is 0 Å². The molecule has 1 unspecified atom stereocenters. The summed E-state index contributed by atoms with van der Waals surface area (Å²) in [5.41, 5.74) is 1.11. The molecule has 0 bridgehead atoms. The van der Waals surface area contributed by atoms with Crippen molar-refractivity contribution >= 4 is 0 Å². The standard InChI is InChI=1S/C11H17NO2/c1-9(12-7-8-13)10-5-3-4-6-11(10)14-2/h3-6,9,12-13H,7-8H2,1-2H3. The summed E-state index contributed by atoms with van der Waals surface area (Å²) in [5.74, 6) is 0.880. The molecule has 0 aromatic heterocycles. The maximum absolute atomic E-state index is 8.69. The molecular weight excluding hydrogens is 178 g/mol. The number of aliphatic hydroxyl groups is 1. The van der Waals surface area contributed by atoms with Crippen LogP contribution < -0.4 is 10.1 Å². The first-order valence-electron chi connectivity index (χ1n) is 4.76. The second kappa shape index (κ2) is 5.62. The van der Waals surface area contributed by atoms with Gasteiger partial charge in [-0.25, -0.2) is 0 Å². The molecule has 1 atom stereocenters. The van der Waals surface area contributed by atoms with Crippen LogP contribution in [0.1, 0.15) is 18.5 Å². The van der Waals surface area contributed by atoms with E-state index in [9.17, 15) is 0 Å². The van der Waals surface area contributed by atoms with Crippen LogP contribution in [0.15, 0.2) is 24.3 Å². The highest BCUT2D eigenvalue weighted by atomic mass is 16.5. The first-order valence-corrected chi connectivity index (χ1v) is 4.76. The van der Waals surface area contributed by atoms with Crippen LogP contribution in [-0.4, -0.2) is 25.4 Å². The highest BCUT2D eigenvalue weighted by Crippen LogP contribution is 2.23. The van der Waals surface area contributed by atoms with E-state index in [1.165, 1.54) is 0 Å². The lowest BCUT2D eigenvalue weighted by Crippen LogP contribution is -2.22. The maximum Gasteiger partial charge on any atom is 0.123 e. The van der Waals surface area contributed by atoms with Gasteiger partial charge in [0.1, 0.15) is 5.75 Å². The summed E-state index contributed by atoms with van der Waals surface area (Å²) in [7, 11) is 1.66. The Morgan fingerprint density at radius 1 is 1.43 bits per heavy atom. The zero-order valence-corrected chi connectivity index (χ0v) is 8.66.